The monoisotopic (exact) mass is 406 g/mol. The van der Waals surface area contributed by atoms with Crippen LogP contribution in [0.4, 0.5) is 0 Å². The topological polar surface area (TPSA) is 38.7 Å². The minimum absolute atomic E-state index is 0.0985. The molecule has 4 heteroatoms. The van der Waals surface area contributed by atoms with E-state index in [-0.39, 0.29) is 11.5 Å². The lowest BCUT2D eigenvalue weighted by atomic mass is 9.47. The highest BCUT2D eigenvalue weighted by Crippen LogP contribution is 2.80. The Bertz CT molecular complexity index is 622. The molecule has 4 saturated carbocycles. The van der Waals surface area contributed by atoms with Crippen LogP contribution in [0.15, 0.2) is 0 Å². The van der Waals surface area contributed by atoms with Gasteiger partial charge < -0.3 is 14.3 Å². The van der Waals surface area contributed by atoms with Crippen molar-refractivity contribution in [3.63, 3.8) is 0 Å². The number of ether oxygens (including phenoxy) is 1. The van der Waals surface area contributed by atoms with Crippen LogP contribution in [0.1, 0.15) is 87.0 Å². The Balaban J connectivity index is 1.49. The van der Waals surface area contributed by atoms with Gasteiger partial charge >= 0.3 is 0 Å². The van der Waals surface area contributed by atoms with Crippen molar-refractivity contribution in [2.75, 3.05) is 0 Å². The van der Waals surface area contributed by atoms with Crippen molar-refractivity contribution in [1.82, 2.24) is 0 Å². The van der Waals surface area contributed by atoms with Gasteiger partial charge in [-0.25, -0.2) is 0 Å². The molecule has 5 bridgehead atoms. The van der Waals surface area contributed by atoms with Crippen molar-refractivity contribution in [3.8, 4) is 0 Å². The second kappa shape index (κ2) is 5.86. The molecule has 0 aromatic rings. The van der Waals surface area contributed by atoms with Gasteiger partial charge in [0.15, 0.2) is 5.79 Å². The molecular weight excluding hydrogens is 364 g/mol. The van der Waals surface area contributed by atoms with Crippen LogP contribution in [-0.4, -0.2) is 30.9 Å². The summed E-state index contributed by atoms with van der Waals surface area (Å²) < 4.78 is 13.9. The Morgan fingerprint density at radius 1 is 0.893 bits per heavy atom. The molecule has 4 aliphatic carbocycles. The van der Waals surface area contributed by atoms with Gasteiger partial charge in [-0.1, -0.05) is 41.5 Å². The molecule has 1 saturated heterocycles. The van der Waals surface area contributed by atoms with Gasteiger partial charge in [0, 0.05) is 23.9 Å². The van der Waals surface area contributed by atoms with E-state index < -0.39 is 14.1 Å². The molecule has 1 spiro atoms. The van der Waals surface area contributed by atoms with Crippen LogP contribution in [0.25, 0.3) is 0 Å². The molecule has 0 unspecified atom stereocenters. The summed E-state index contributed by atoms with van der Waals surface area (Å²) in [6, 6.07) is 0. The summed E-state index contributed by atoms with van der Waals surface area (Å²) in [6.07, 6.45) is 7.50. The maximum absolute atomic E-state index is 11.8. The van der Waals surface area contributed by atoms with Gasteiger partial charge in [0.05, 0.1) is 5.60 Å². The predicted octanol–water partition coefficient (Wildman–Crippen LogP) is 5.87. The average Bonchev–Trinajstić information content (AvgIpc) is 3.31. The molecule has 3 nitrogen and oxygen atoms in total. The van der Waals surface area contributed by atoms with Crippen LogP contribution in [0.5, 0.6) is 0 Å². The Morgan fingerprint density at radius 2 is 1.46 bits per heavy atom. The van der Waals surface area contributed by atoms with Crippen LogP contribution in [0.3, 0.4) is 0 Å². The van der Waals surface area contributed by atoms with Crippen LogP contribution >= 0.6 is 0 Å². The fourth-order valence-corrected chi connectivity index (χ4v) is 15.1. The molecule has 0 aromatic carbocycles. The summed E-state index contributed by atoms with van der Waals surface area (Å²) in [5, 5.41) is 11.8. The van der Waals surface area contributed by atoms with Gasteiger partial charge in [-0.05, 0) is 73.4 Å². The fraction of sp³-hybridized carbons (Fsp3) is 1.00. The summed E-state index contributed by atoms with van der Waals surface area (Å²) in [5.74, 6) is 0.927. The second-order valence-electron chi connectivity index (χ2n) is 12.3. The van der Waals surface area contributed by atoms with Crippen LogP contribution in [0.2, 0.25) is 16.6 Å². The molecule has 1 aliphatic heterocycles. The molecule has 160 valence electrons. The minimum Gasteiger partial charge on any atom is -0.413 e. The molecule has 5 rings (SSSR count). The first-order valence-corrected chi connectivity index (χ1v) is 14.3. The Labute approximate surface area is 173 Å². The zero-order valence-corrected chi connectivity index (χ0v) is 20.1. The molecule has 0 radical (unpaired) electrons. The smallest absolute Gasteiger partial charge is 0.200 e. The first kappa shape index (κ1) is 20.0. The van der Waals surface area contributed by atoms with E-state index in [0.29, 0.717) is 45.9 Å². The zero-order valence-electron chi connectivity index (χ0n) is 19.1. The fourth-order valence-electron chi connectivity index (χ4n) is 9.51. The highest BCUT2D eigenvalue weighted by Gasteiger charge is 2.81. The number of fused-ring (bicyclic) bond motifs is 1. The third-order valence-corrected chi connectivity index (χ3v) is 16.4. The summed E-state index contributed by atoms with van der Waals surface area (Å²) in [5.41, 5.74) is 2.26. The minimum atomic E-state index is -1.89. The molecule has 28 heavy (non-hydrogen) atoms. The van der Waals surface area contributed by atoms with Crippen molar-refractivity contribution < 1.29 is 14.3 Å². The lowest BCUT2D eigenvalue weighted by Crippen LogP contribution is -2.62. The van der Waals surface area contributed by atoms with Crippen molar-refractivity contribution in [3.05, 3.63) is 0 Å². The SMILES string of the molecule is CC(C)[Si](O[C@@H]1C[C@@H]2[C@H]3C4(CC4)[C@H]4CC[C@]3(C)O[C@]2(O)[C@H]4C1)(C(C)C)C(C)C. The van der Waals surface area contributed by atoms with Crippen molar-refractivity contribution in [2.45, 2.75) is 121 Å². The Morgan fingerprint density at radius 3 is 2.00 bits per heavy atom. The van der Waals surface area contributed by atoms with Crippen LogP contribution in [0, 0.1) is 29.1 Å². The van der Waals surface area contributed by atoms with Crippen molar-refractivity contribution in [2.24, 2.45) is 29.1 Å². The number of hydrogen-bond acceptors (Lipinski definition) is 3. The van der Waals surface area contributed by atoms with Gasteiger partial charge in [0.25, 0.3) is 0 Å². The summed E-state index contributed by atoms with van der Waals surface area (Å²) in [6.45, 7) is 16.6. The first-order chi connectivity index (χ1) is 13.0. The van der Waals surface area contributed by atoms with Gasteiger partial charge in [0.2, 0.25) is 8.32 Å². The number of hydrogen-bond donors (Lipinski definition) is 1. The predicted molar refractivity (Wildman–Crippen MR) is 114 cm³/mol. The van der Waals surface area contributed by atoms with E-state index in [1.54, 1.807) is 0 Å². The molecule has 1 N–H and O–H groups in total. The standard InChI is InChI=1S/C24H42O3Si/c1-14(2)28(15(3)4,16(5)6)26-17-12-19-18-8-9-22(7)21(23(18)10-11-23)20(13-17)24(19,25)27-22/h14-21,25H,8-13H2,1-7H3/t17-,18-,19-,20+,21+,22-,24+/m0/s1. The molecule has 1 heterocycles. The van der Waals surface area contributed by atoms with Gasteiger partial charge in [-0.15, -0.1) is 0 Å². The Kier molecular flexibility index (Phi) is 4.19. The molecular formula is C24H42O3Si. The van der Waals surface area contributed by atoms with E-state index >= 15 is 0 Å². The maximum atomic E-state index is 11.8. The van der Waals surface area contributed by atoms with E-state index in [1.165, 1.54) is 19.3 Å². The number of rotatable bonds is 5. The maximum Gasteiger partial charge on any atom is 0.200 e. The van der Waals surface area contributed by atoms with Crippen LogP contribution < -0.4 is 0 Å². The Hall–Kier alpha value is 0.0969. The van der Waals surface area contributed by atoms with E-state index in [4.69, 9.17) is 9.16 Å². The molecule has 7 atom stereocenters. The largest absolute Gasteiger partial charge is 0.413 e. The van der Waals surface area contributed by atoms with Gasteiger partial charge in [-0.2, -0.15) is 0 Å². The summed E-state index contributed by atoms with van der Waals surface area (Å²) in [7, 11) is -1.89. The van der Waals surface area contributed by atoms with Crippen LogP contribution in [-0.2, 0) is 9.16 Å². The summed E-state index contributed by atoms with van der Waals surface area (Å²) >= 11 is 0. The molecule has 5 aliphatic rings. The van der Waals surface area contributed by atoms with Crippen molar-refractivity contribution >= 4 is 8.32 Å². The lowest BCUT2D eigenvalue weighted by molar-refractivity contribution is -0.287. The average molecular weight is 407 g/mol. The molecule has 5 fully saturated rings. The van der Waals surface area contributed by atoms with Crippen molar-refractivity contribution in [1.29, 1.82) is 0 Å². The quantitative estimate of drug-likeness (QED) is 0.580. The lowest BCUT2D eigenvalue weighted by Gasteiger charge is -2.58. The second-order valence-corrected chi connectivity index (χ2v) is 17.7. The normalized spacial score (nSPS) is 48.3. The highest BCUT2D eigenvalue weighted by atomic mass is 28.4. The zero-order chi connectivity index (χ0) is 20.3. The molecule has 0 aromatic heterocycles. The highest BCUT2D eigenvalue weighted by molar-refractivity contribution is 6.77. The number of aliphatic hydroxyl groups is 1. The van der Waals surface area contributed by atoms with Gasteiger partial charge in [0.1, 0.15) is 0 Å². The first-order valence-electron chi connectivity index (χ1n) is 12.1. The molecule has 0 amide bonds. The third kappa shape index (κ3) is 2.22. The van der Waals surface area contributed by atoms with E-state index in [0.717, 1.165) is 19.3 Å². The third-order valence-electron chi connectivity index (χ3n) is 10.3. The van der Waals surface area contributed by atoms with E-state index in [1.807, 2.05) is 0 Å². The van der Waals surface area contributed by atoms with E-state index in [9.17, 15) is 5.11 Å². The van der Waals surface area contributed by atoms with Gasteiger partial charge in [-0.3, -0.25) is 0 Å². The summed E-state index contributed by atoms with van der Waals surface area (Å²) in [4.78, 5) is 0. The van der Waals surface area contributed by atoms with E-state index in [2.05, 4.69) is 48.5 Å².